The molecule has 1 heterocycles. The molecule has 2 aromatic rings. The molecule has 31 heavy (non-hydrogen) atoms. The van der Waals surface area contributed by atoms with Gasteiger partial charge in [-0.15, -0.1) is 0 Å². The van der Waals surface area contributed by atoms with E-state index in [0.717, 1.165) is 54.6 Å². The molecular weight excluding hydrogens is 390 g/mol. The highest BCUT2D eigenvalue weighted by Crippen LogP contribution is 2.22. The van der Waals surface area contributed by atoms with E-state index in [1.165, 1.54) is 5.56 Å². The summed E-state index contributed by atoms with van der Waals surface area (Å²) in [6.45, 7) is 9.15. The Morgan fingerprint density at radius 2 is 2.03 bits per heavy atom. The zero-order chi connectivity index (χ0) is 21.9. The van der Waals surface area contributed by atoms with Crippen LogP contribution in [0.25, 0.3) is 0 Å². The van der Waals surface area contributed by atoms with Crippen molar-refractivity contribution in [2.45, 2.75) is 40.0 Å². The van der Waals surface area contributed by atoms with Crippen LogP contribution in [-0.2, 0) is 29.2 Å². The van der Waals surface area contributed by atoms with Crippen LogP contribution >= 0.6 is 0 Å². The first-order valence-corrected chi connectivity index (χ1v) is 11.1. The molecule has 1 aliphatic heterocycles. The van der Waals surface area contributed by atoms with E-state index in [4.69, 9.17) is 19.2 Å². The molecule has 0 aromatic heterocycles. The molecule has 1 atom stereocenters. The lowest BCUT2D eigenvalue weighted by Gasteiger charge is -2.17. The van der Waals surface area contributed by atoms with Gasteiger partial charge in [0.05, 0.1) is 26.4 Å². The molecule has 0 radical (unpaired) electrons. The van der Waals surface area contributed by atoms with E-state index in [1.807, 2.05) is 6.07 Å². The maximum absolute atomic E-state index is 6.17. The van der Waals surface area contributed by atoms with Crippen LogP contribution in [0.3, 0.4) is 0 Å². The zero-order valence-electron chi connectivity index (χ0n) is 18.9. The summed E-state index contributed by atoms with van der Waals surface area (Å²) in [4.78, 5) is 4.75. The number of ether oxygens (including phenoxy) is 3. The van der Waals surface area contributed by atoms with Crippen molar-refractivity contribution in [2.24, 2.45) is 10.9 Å². The predicted molar refractivity (Wildman–Crippen MR) is 124 cm³/mol. The second-order valence-corrected chi connectivity index (χ2v) is 7.95. The molecule has 0 bridgehead atoms. The Kier molecular flexibility index (Phi) is 9.18. The number of guanidine groups is 1. The van der Waals surface area contributed by atoms with Gasteiger partial charge in [0.15, 0.2) is 5.96 Å². The van der Waals surface area contributed by atoms with Crippen molar-refractivity contribution in [3.8, 4) is 5.75 Å². The van der Waals surface area contributed by atoms with E-state index in [9.17, 15) is 0 Å². The second-order valence-electron chi connectivity index (χ2n) is 7.95. The topological polar surface area (TPSA) is 64.1 Å². The minimum Gasteiger partial charge on any atom is -0.493 e. The average Bonchev–Trinajstić information content (AvgIpc) is 3.29. The highest BCUT2D eigenvalue weighted by atomic mass is 16.5. The Hall–Kier alpha value is -2.57. The summed E-state index contributed by atoms with van der Waals surface area (Å²) in [6.07, 6.45) is 1.07. The lowest BCUT2D eigenvalue weighted by atomic mass is 10.1. The molecule has 1 aliphatic rings. The first-order chi connectivity index (χ1) is 15.2. The Balaban J connectivity index is 1.62. The predicted octanol–water partition coefficient (Wildman–Crippen LogP) is 3.81. The van der Waals surface area contributed by atoms with Gasteiger partial charge in [0.1, 0.15) is 5.75 Å². The number of aliphatic imine (C=N–C) groups is 1. The number of nitrogens with zero attached hydrogens (tertiary/aromatic N) is 1. The summed E-state index contributed by atoms with van der Waals surface area (Å²) in [5, 5.41) is 6.77. The average molecular weight is 426 g/mol. The van der Waals surface area contributed by atoms with E-state index in [1.54, 1.807) is 7.11 Å². The largest absolute Gasteiger partial charge is 0.493 e. The maximum Gasteiger partial charge on any atom is 0.191 e. The van der Waals surface area contributed by atoms with Crippen LogP contribution in [0.2, 0.25) is 0 Å². The Labute approximate surface area is 186 Å². The summed E-state index contributed by atoms with van der Waals surface area (Å²) in [7, 11) is 1.71. The quantitative estimate of drug-likeness (QED) is 0.448. The SMILES string of the molecule is CCNC(=NCc1cccc(COC)c1)NCc1ccc(C)cc1OCC1CCOC1. The van der Waals surface area contributed by atoms with Gasteiger partial charge in [-0.05, 0) is 43.0 Å². The normalized spacial score (nSPS) is 16.4. The number of aryl methyl sites for hydroxylation is 1. The van der Waals surface area contributed by atoms with Gasteiger partial charge in [-0.1, -0.05) is 36.4 Å². The smallest absolute Gasteiger partial charge is 0.191 e. The molecule has 2 aromatic carbocycles. The van der Waals surface area contributed by atoms with Gasteiger partial charge < -0.3 is 24.8 Å². The molecule has 168 valence electrons. The highest BCUT2D eigenvalue weighted by Gasteiger charge is 2.17. The van der Waals surface area contributed by atoms with Crippen LogP contribution in [0.5, 0.6) is 5.75 Å². The lowest BCUT2D eigenvalue weighted by Crippen LogP contribution is -2.36. The lowest BCUT2D eigenvalue weighted by molar-refractivity contribution is 0.166. The summed E-state index contributed by atoms with van der Waals surface area (Å²) in [5.41, 5.74) is 4.63. The van der Waals surface area contributed by atoms with Crippen molar-refractivity contribution in [1.29, 1.82) is 0 Å². The van der Waals surface area contributed by atoms with E-state index in [-0.39, 0.29) is 0 Å². The standard InChI is InChI=1S/C25H35N3O3/c1-4-26-25(27-14-20-6-5-7-21(13-20)16-29-3)28-15-23-9-8-19(2)12-24(23)31-18-22-10-11-30-17-22/h5-9,12-13,22H,4,10-11,14-18H2,1-3H3,(H2,26,27,28). The highest BCUT2D eigenvalue weighted by molar-refractivity contribution is 5.79. The monoisotopic (exact) mass is 425 g/mol. The summed E-state index contributed by atoms with van der Waals surface area (Å²) < 4.78 is 16.9. The summed E-state index contributed by atoms with van der Waals surface area (Å²) in [6, 6.07) is 14.7. The Bertz CT molecular complexity index is 848. The minimum atomic E-state index is 0.481. The number of rotatable bonds is 10. The molecule has 6 nitrogen and oxygen atoms in total. The molecule has 0 amide bonds. The molecule has 1 fully saturated rings. The molecule has 6 heteroatoms. The molecule has 3 rings (SSSR count). The number of hydrogen-bond donors (Lipinski definition) is 2. The van der Waals surface area contributed by atoms with Crippen molar-refractivity contribution in [2.75, 3.05) is 33.5 Å². The van der Waals surface area contributed by atoms with E-state index >= 15 is 0 Å². The van der Waals surface area contributed by atoms with Crippen molar-refractivity contribution in [3.05, 3.63) is 64.7 Å². The van der Waals surface area contributed by atoms with Crippen LogP contribution in [0.4, 0.5) is 0 Å². The van der Waals surface area contributed by atoms with Gasteiger partial charge in [0, 0.05) is 38.3 Å². The number of nitrogens with one attached hydrogen (secondary N) is 2. The molecule has 0 spiro atoms. The second kappa shape index (κ2) is 12.3. The maximum atomic E-state index is 6.17. The number of methoxy groups -OCH3 is 1. The van der Waals surface area contributed by atoms with Gasteiger partial charge in [0.25, 0.3) is 0 Å². The first kappa shape index (κ1) is 23.1. The molecule has 0 saturated carbocycles. The Morgan fingerprint density at radius 3 is 2.81 bits per heavy atom. The van der Waals surface area contributed by atoms with Crippen LogP contribution in [0.1, 0.15) is 35.6 Å². The molecular formula is C25H35N3O3. The van der Waals surface area contributed by atoms with Crippen LogP contribution in [0.15, 0.2) is 47.5 Å². The third-order valence-electron chi connectivity index (χ3n) is 5.23. The fourth-order valence-electron chi connectivity index (χ4n) is 3.54. The fraction of sp³-hybridized carbons (Fsp3) is 0.480. The van der Waals surface area contributed by atoms with Crippen LogP contribution < -0.4 is 15.4 Å². The van der Waals surface area contributed by atoms with Gasteiger partial charge >= 0.3 is 0 Å². The van der Waals surface area contributed by atoms with Gasteiger partial charge in [-0.3, -0.25) is 0 Å². The molecule has 0 aliphatic carbocycles. The van der Waals surface area contributed by atoms with Gasteiger partial charge in [0.2, 0.25) is 0 Å². The van der Waals surface area contributed by atoms with E-state index in [2.05, 4.69) is 60.9 Å². The molecule has 2 N–H and O–H groups in total. The Morgan fingerprint density at radius 1 is 1.16 bits per heavy atom. The molecule has 1 unspecified atom stereocenters. The fourth-order valence-corrected chi connectivity index (χ4v) is 3.54. The van der Waals surface area contributed by atoms with Crippen LogP contribution in [-0.4, -0.2) is 39.4 Å². The van der Waals surface area contributed by atoms with E-state index < -0.39 is 0 Å². The van der Waals surface area contributed by atoms with Crippen molar-refractivity contribution >= 4 is 5.96 Å². The first-order valence-electron chi connectivity index (χ1n) is 11.1. The summed E-state index contributed by atoms with van der Waals surface area (Å²) >= 11 is 0. The van der Waals surface area contributed by atoms with Gasteiger partial charge in [-0.2, -0.15) is 0 Å². The minimum absolute atomic E-state index is 0.481. The third-order valence-corrected chi connectivity index (χ3v) is 5.23. The van der Waals surface area contributed by atoms with Crippen molar-refractivity contribution in [3.63, 3.8) is 0 Å². The third kappa shape index (κ3) is 7.56. The van der Waals surface area contributed by atoms with Crippen molar-refractivity contribution < 1.29 is 14.2 Å². The van der Waals surface area contributed by atoms with Gasteiger partial charge in [-0.25, -0.2) is 4.99 Å². The van der Waals surface area contributed by atoms with E-state index in [0.29, 0.717) is 32.2 Å². The zero-order valence-corrected chi connectivity index (χ0v) is 18.9. The van der Waals surface area contributed by atoms with Crippen LogP contribution in [0, 0.1) is 12.8 Å². The van der Waals surface area contributed by atoms with Crippen molar-refractivity contribution in [1.82, 2.24) is 10.6 Å². The summed E-state index contributed by atoms with van der Waals surface area (Å²) in [5.74, 6) is 2.20. The number of benzene rings is 2. The number of hydrogen-bond acceptors (Lipinski definition) is 4. The molecule has 1 saturated heterocycles.